The predicted octanol–water partition coefficient (Wildman–Crippen LogP) is 4.06. The lowest BCUT2D eigenvalue weighted by molar-refractivity contribution is 0.295. The topological polar surface area (TPSA) is 9.23 Å². The largest absolute Gasteiger partial charge is 0.497 e. The van der Waals surface area contributed by atoms with Gasteiger partial charge in [-0.15, -0.1) is 0 Å². The molecule has 0 heterocycles. The minimum atomic E-state index is 1.05. The van der Waals surface area contributed by atoms with Crippen LogP contribution < -0.4 is 0 Å². The van der Waals surface area contributed by atoms with Crippen molar-refractivity contribution in [2.75, 3.05) is 7.11 Å². The summed E-state index contributed by atoms with van der Waals surface area (Å²) in [5.74, 6) is 1.05. The minimum absolute atomic E-state index is 1.05. The van der Waals surface area contributed by atoms with E-state index < -0.39 is 0 Å². The zero-order valence-corrected chi connectivity index (χ0v) is 9.82. The molecule has 0 aromatic carbocycles. The molecule has 0 aromatic heterocycles. The van der Waals surface area contributed by atoms with Gasteiger partial charge in [0.25, 0.3) is 0 Å². The molecule has 0 amide bonds. The van der Waals surface area contributed by atoms with E-state index >= 15 is 0 Å². The number of methoxy groups -OCH3 is 1. The van der Waals surface area contributed by atoms with Crippen molar-refractivity contribution in [1.82, 2.24) is 0 Å². The number of rotatable bonds is 4. The maximum atomic E-state index is 5.36. The zero-order chi connectivity index (χ0) is 10.4. The molecule has 0 aliphatic heterocycles. The van der Waals surface area contributed by atoms with Gasteiger partial charge in [-0.05, 0) is 45.3 Å². The second-order valence-electron chi connectivity index (χ2n) is 3.69. The van der Waals surface area contributed by atoms with Crippen molar-refractivity contribution >= 4 is 0 Å². The van der Waals surface area contributed by atoms with Gasteiger partial charge >= 0.3 is 0 Å². The van der Waals surface area contributed by atoms with Crippen molar-refractivity contribution in [2.24, 2.45) is 0 Å². The molecule has 0 spiro atoms. The standard InChI is InChI=1S/C12H22O/c1-7-8-10(4)11(5)12(13-6)9(2)3/h7-8H2,1-6H3/b11-10+. The van der Waals surface area contributed by atoms with Crippen LogP contribution in [0.3, 0.4) is 0 Å². The fourth-order valence-corrected chi connectivity index (χ4v) is 1.49. The average molecular weight is 182 g/mol. The molecule has 1 nitrogen and oxygen atoms in total. The fraction of sp³-hybridized carbons (Fsp3) is 0.667. The molecular formula is C12H22O. The first-order valence-corrected chi connectivity index (χ1v) is 4.92. The van der Waals surface area contributed by atoms with Crippen LogP contribution >= 0.6 is 0 Å². The van der Waals surface area contributed by atoms with Gasteiger partial charge in [0.15, 0.2) is 0 Å². The molecule has 0 unspecified atom stereocenters. The molecule has 0 bridgehead atoms. The SMILES string of the molecule is CCC/C(C)=C(\C)C(OC)=C(C)C. The lowest BCUT2D eigenvalue weighted by Gasteiger charge is -2.12. The van der Waals surface area contributed by atoms with Gasteiger partial charge in [0, 0.05) is 0 Å². The Balaban J connectivity index is 4.83. The van der Waals surface area contributed by atoms with Gasteiger partial charge < -0.3 is 4.74 Å². The summed E-state index contributed by atoms with van der Waals surface area (Å²) in [6.07, 6.45) is 2.36. The highest BCUT2D eigenvalue weighted by molar-refractivity contribution is 5.31. The van der Waals surface area contributed by atoms with Gasteiger partial charge in [-0.25, -0.2) is 0 Å². The highest BCUT2D eigenvalue weighted by Gasteiger charge is 2.04. The van der Waals surface area contributed by atoms with Crippen LogP contribution in [0.1, 0.15) is 47.5 Å². The highest BCUT2D eigenvalue weighted by Crippen LogP contribution is 2.20. The van der Waals surface area contributed by atoms with Crippen molar-refractivity contribution < 1.29 is 4.74 Å². The zero-order valence-electron chi connectivity index (χ0n) is 9.82. The van der Waals surface area contributed by atoms with E-state index in [0.29, 0.717) is 0 Å². The van der Waals surface area contributed by atoms with Crippen LogP contribution in [-0.4, -0.2) is 7.11 Å². The summed E-state index contributed by atoms with van der Waals surface area (Å²) in [4.78, 5) is 0. The van der Waals surface area contributed by atoms with E-state index in [4.69, 9.17) is 4.74 Å². The Morgan fingerprint density at radius 3 is 1.92 bits per heavy atom. The Kier molecular flexibility index (Phi) is 5.52. The van der Waals surface area contributed by atoms with Crippen LogP contribution in [0.25, 0.3) is 0 Å². The molecule has 0 atom stereocenters. The van der Waals surface area contributed by atoms with Crippen LogP contribution in [0.5, 0.6) is 0 Å². The summed E-state index contributed by atoms with van der Waals surface area (Å²) in [7, 11) is 1.74. The lowest BCUT2D eigenvalue weighted by atomic mass is 10.0. The van der Waals surface area contributed by atoms with Crippen LogP contribution in [0, 0.1) is 0 Å². The summed E-state index contributed by atoms with van der Waals surface area (Å²) in [6, 6.07) is 0. The Morgan fingerprint density at radius 2 is 1.62 bits per heavy atom. The van der Waals surface area contributed by atoms with Crippen molar-refractivity contribution in [2.45, 2.75) is 47.5 Å². The fourth-order valence-electron chi connectivity index (χ4n) is 1.49. The van der Waals surface area contributed by atoms with Crippen LogP contribution in [-0.2, 0) is 4.74 Å². The molecule has 0 N–H and O–H groups in total. The molecule has 0 aliphatic carbocycles. The highest BCUT2D eigenvalue weighted by atomic mass is 16.5. The van der Waals surface area contributed by atoms with E-state index in [0.717, 1.165) is 12.2 Å². The van der Waals surface area contributed by atoms with Crippen LogP contribution in [0.2, 0.25) is 0 Å². The van der Waals surface area contributed by atoms with E-state index in [-0.39, 0.29) is 0 Å². The van der Waals surface area contributed by atoms with E-state index in [1.165, 1.54) is 23.1 Å². The molecule has 0 saturated carbocycles. The summed E-state index contributed by atoms with van der Waals surface area (Å²) in [5, 5.41) is 0. The molecule has 13 heavy (non-hydrogen) atoms. The monoisotopic (exact) mass is 182 g/mol. The smallest absolute Gasteiger partial charge is 0.120 e. The third-order valence-electron chi connectivity index (χ3n) is 2.26. The maximum Gasteiger partial charge on any atom is 0.120 e. The first-order valence-electron chi connectivity index (χ1n) is 4.92. The molecule has 0 saturated heterocycles. The summed E-state index contributed by atoms with van der Waals surface area (Å²) >= 11 is 0. The average Bonchev–Trinajstić information content (AvgIpc) is 2.05. The minimum Gasteiger partial charge on any atom is -0.497 e. The normalized spacial score (nSPS) is 12.2. The van der Waals surface area contributed by atoms with Gasteiger partial charge in [0.2, 0.25) is 0 Å². The number of hydrogen-bond acceptors (Lipinski definition) is 1. The Labute approximate surface area is 82.5 Å². The van der Waals surface area contributed by atoms with Gasteiger partial charge in [0.05, 0.1) is 7.11 Å². The first kappa shape index (κ1) is 12.3. The summed E-state index contributed by atoms with van der Waals surface area (Å²) < 4.78 is 5.36. The van der Waals surface area contributed by atoms with Gasteiger partial charge in [-0.1, -0.05) is 18.9 Å². The van der Waals surface area contributed by atoms with Crippen LogP contribution in [0.4, 0.5) is 0 Å². The summed E-state index contributed by atoms with van der Waals surface area (Å²) in [5.41, 5.74) is 3.97. The van der Waals surface area contributed by atoms with Gasteiger partial charge in [0.1, 0.15) is 5.76 Å². The van der Waals surface area contributed by atoms with Crippen molar-refractivity contribution in [3.8, 4) is 0 Å². The number of ether oxygens (including phenoxy) is 1. The Bertz CT molecular complexity index is 217. The lowest BCUT2D eigenvalue weighted by Crippen LogP contribution is -1.95. The molecule has 0 rings (SSSR count). The predicted molar refractivity (Wildman–Crippen MR) is 58.7 cm³/mol. The molecular weight excluding hydrogens is 160 g/mol. The molecule has 0 fully saturated rings. The van der Waals surface area contributed by atoms with E-state index in [1.54, 1.807) is 7.11 Å². The number of hydrogen-bond donors (Lipinski definition) is 0. The van der Waals surface area contributed by atoms with Gasteiger partial charge in [-0.2, -0.15) is 0 Å². The third kappa shape index (κ3) is 3.67. The first-order chi connectivity index (χ1) is 6.04. The Morgan fingerprint density at radius 1 is 1.08 bits per heavy atom. The molecule has 0 aromatic rings. The Hall–Kier alpha value is -0.720. The molecule has 0 radical (unpaired) electrons. The van der Waals surface area contributed by atoms with Gasteiger partial charge in [-0.3, -0.25) is 0 Å². The van der Waals surface area contributed by atoms with Crippen LogP contribution in [0.15, 0.2) is 22.5 Å². The van der Waals surface area contributed by atoms with E-state index in [1.807, 2.05) is 0 Å². The maximum absolute atomic E-state index is 5.36. The van der Waals surface area contributed by atoms with Crippen molar-refractivity contribution in [3.05, 3.63) is 22.5 Å². The summed E-state index contributed by atoms with van der Waals surface area (Å²) in [6.45, 7) is 10.7. The molecule has 76 valence electrons. The van der Waals surface area contributed by atoms with Crippen molar-refractivity contribution in [1.29, 1.82) is 0 Å². The quantitative estimate of drug-likeness (QED) is 0.470. The molecule has 1 heteroatoms. The van der Waals surface area contributed by atoms with E-state index in [2.05, 4.69) is 34.6 Å². The number of allylic oxidation sites excluding steroid dienone is 3. The van der Waals surface area contributed by atoms with Crippen molar-refractivity contribution in [3.63, 3.8) is 0 Å². The second kappa shape index (κ2) is 5.85. The molecule has 0 aliphatic rings. The second-order valence-corrected chi connectivity index (χ2v) is 3.69. The van der Waals surface area contributed by atoms with E-state index in [9.17, 15) is 0 Å². The third-order valence-corrected chi connectivity index (χ3v) is 2.26.